The summed E-state index contributed by atoms with van der Waals surface area (Å²) in [5.41, 5.74) is 0. The molecule has 0 aromatic heterocycles. The molecule has 4 aliphatic rings. The number of hydrogen-bond acceptors (Lipinski definition) is 6. The van der Waals surface area contributed by atoms with Crippen LogP contribution in [0.5, 0.6) is 0 Å². The fourth-order valence-electron chi connectivity index (χ4n) is 7.05. The molecule has 4 fully saturated rings. The first-order chi connectivity index (χ1) is 17.8. The van der Waals surface area contributed by atoms with Gasteiger partial charge in [-0.3, -0.25) is 0 Å². The van der Waals surface area contributed by atoms with E-state index in [2.05, 4.69) is 29.4 Å². The molecular formula is C30H60N6. The van der Waals surface area contributed by atoms with Gasteiger partial charge in [-0.2, -0.15) is 0 Å². The molecule has 0 aromatic carbocycles. The zero-order chi connectivity index (χ0) is 24.7. The van der Waals surface area contributed by atoms with Crippen molar-refractivity contribution in [1.29, 1.82) is 0 Å². The fourth-order valence-corrected chi connectivity index (χ4v) is 7.05. The molecule has 0 aliphatic carbocycles. The van der Waals surface area contributed by atoms with E-state index >= 15 is 0 Å². The third kappa shape index (κ3) is 11.2. The van der Waals surface area contributed by atoms with Crippen LogP contribution in [-0.4, -0.2) is 147 Å². The lowest BCUT2D eigenvalue weighted by Gasteiger charge is -2.30. The Morgan fingerprint density at radius 3 is 0.750 bits per heavy atom. The standard InChI is InChI=1S/C30H60N6/c1-2-14-31(13-1)21-9-25-35(26-10-22-32-15-3-4-16-32)29-30-36(27-11-23-33-17-5-6-18-33)28-12-24-34-19-7-8-20-34/h1-30H2. The topological polar surface area (TPSA) is 19.4 Å². The molecule has 36 heavy (non-hydrogen) atoms. The monoisotopic (exact) mass is 504 g/mol. The van der Waals surface area contributed by atoms with Crippen LogP contribution in [0, 0.1) is 0 Å². The van der Waals surface area contributed by atoms with E-state index in [1.54, 1.807) is 0 Å². The Morgan fingerprint density at radius 1 is 0.306 bits per heavy atom. The van der Waals surface area contributed by atoms with Crippen LogP contribution in [0.4, 0.5) is 0 Å². The predicted molar refractivity (Wildman–Crippen MR) is 154 cm³/mol. The first-order valence-electron chi connectivity index (χ1n) is 16.2. The van der Waals surface area contributed by atoms with Gasteiger partial charge in [0.05, 0.1) is 0 Å². The Labute approximate surface area is 224 Å². The van der Waals surface area contributed by atoms with Crippen molar-refractivity contribution in [3.8, 4) is 0 Å². The molecule has 0 unspecified atom stereocenters. The molecule has 0 spiro atoms. The van der Waals surface area contributed by atoms with Crippen LogP contribution in [0.25, 0.3) is 0 Å². The van der Waals surface area contributed by atoms with Crippen molar-refractivity contribution in [2.45, 2.75) is 77.0 Å². The molecular weight excluding hydrogens is 444 g/mol. The molecule has 0 aromatic rings. The molecule has 4 heterocycles. The lowest BCUT2D eigenvalue weighted by molar-refractivity contribution is 0.175. The molecule has 4 rings (SSSR count). The van der Waals surface area contributed by atoms with E-state index in [0.717, 1.165) is 0 Å². The van der Waals surface area contributed by atoms with Crippen LogP contribution >= 0.6 is 0 Å². The largest absolute Gasteiger partial charge is 0.303 e. The fraction of sp³-hybridized carbons (Fsp3) is 1.00. The van der Waals surface area contributed by atoms with Gasteiger partial charge in [0, 0.05) is 13.1 Å². The van der Waals surface area contributed by atoms with Gasteiger partial charge in [0.2, 0.25) is 0 Å². The molecule has 210 valence electrons. The summed E-state index contributed by atoms with van der Waals surface area (Å²) in [5, 5.41) is 0. The van der Waals surface area contributed by atoms with Crippen LogP contribution in [0.2, 0.25) is 0 Å². The first-order valence-corrected chi connectivity index (χ1v) is 16.2. The average molecular weight is 505 g/mol. The molecule has 0 saturated carbocycles. The maximum atomic E-state index is 2.83. The summed E-state index contributed by atoms with van der Waals surface area (Å²) in [5.74, 6) is 0. The van der Waals surface area contributed by atoms with Crippen LogP contribution in [-0.2, 0) is 0 Å². The third-order valence-corrected chi connectivity index (χ3v) is 9.32. The van der Waals surface area contributed by atoms with Crippen molar-refractivity contribution >= 4 is 0 Å². The number of rotatable bonds is 19. The van der Waals surface area contributed by atoms with Gasteiger partial charge < -0.3 is 29.4 Å². The van der Waals surface area contributed by atoms with Crippen LogP contribution in [0.15, 0.2) is 0 Å². The quantitative estimate of drug-likeness (QED) is 0.266. The first kappa shape index (κ1) is 28.8. The van der Waals surface area contributed by atoms with Gasteiger partial charge in [0.25, 0.3) is 0 Å². The zero-order valence-corrected chi connectivity index (χ0v) is 23.9. The summed E-state index contributed by atoms with van der Waals surface area (Å²) in [4.78, 5) is 16.5. The number of likely N-dealkylation sites (tertiary alicyclic amines) is 4. The Morgan fingerprint density at radius 2 is 0.528 bits per heavy atom. The van der Waals surface area contributed by atoms with Gasteiger partial charge in [-0.15, -0.1) is 0 Å². The minimum Gasteiger partial charge on any atom is -0.303 e. The zero-order valence-electron chi connectivity index (χ0n) is 23.9. The van der Waals surface area contributed by atoms with E-state index < -0.39 is 0 Å². The lowest BCUT2D eigenvalue weighted by Crippen LogP contribution is -2.40. The third-order valence-electron chi connectivity index (χ3n) is 9.32. The smallest absolute Gasteiger partial charge is 0.0109 e. The van der Waals surface area contributed by atoms with Gasteiger partial charge in [-0.1, -0.05) is 0 Å². The minimum absolute atomic E-state index is 1.27. The van der Waals surface area contributed by atoms with Crippen molar-refractivity contribution < 1.29 is 0 Å². The number of hydrogen-bond donors (Lipinski definition) is 0. The second-order valence-corrected chi connectivity index (χ2v) is 12.3. The predicted octanol–water partition coefficient (Wildman–Crippen LogP) is 3.53. The Bertz CT molecular complexity index is 444. The second-order valence-electron chi connectivity index (χ2n) is 12.3. The average Bonchev–Trinajstić information content (AvgIpc) is 3.70. The summed E-state index contributed by atoms with van der Waals surface area (Å²) < 4.78 is 0. The van der Waals surface area contributed by atoms with Crippen molar-refractivity contribution in [2.24, 2.45) is 0 Å². The van der Waals surface area contributed by atoms with E-state index in [9.17, 15) is 0 Å². The van der Waals surface area contributed by atoms with Crippen LogP contribution < -0.4 is 0 Å². The van der Waals surface area contributed by atoms with Gasteiger partial charge in [0.15, 0.2) is 0 Å². The van der Waals surface area contributed by atoms with Gasteiger partial charge in [-0.25, -0.2) is 0 Å². The van der Waals surface area contributed by atoms with E-state index in [1.807, 2.05) is 0 Å². The van der Waals surface area contributed by atoms with Gasteiger partial charge >= 0.3 is 0 Å². The Balaban J connectivity index is 1.19. The highest BCUT2D eigenvalue weighted by Gasteiger charge is 2.17. The molecule has 0 radical (unpaired) electrons. The second kappa shape index (κ2) is 17.4. The molecule has 6 nitrogen and oxygen atoms in total. The minimum atomic E-state index is 1.27. The van der Waals surface area contributed by atoms with Crippen molar-refractivity contribution in [2.75, 3.05) is 118 Å². The maximum Gasteiger partial charge on any atom is 0.0109 e. The Hall–Kier alpha value is -0.240. The summed E-state index contributed by atoms with van der Waals surface area (Å²) in [6.45, 7) is 23.8. The molecule has 4 saturated heterocycles. The summed E-state index contributed by atoms with van der Waals surface area (Å²) in [7, 11) is 0. The molecule has 0 atom stereocenters. The van der Waals surface area contributed by atoms with E-state index in [0.29, 0.717) is 0 Å². The van der Waals surface area contributed by atoms with Crippen LogP contribution in [0.1, 0.15) is 77.0 Å². The Kier molecular flexibility index (Phi) is 13.9. The van der Waals surface area contributed by atoms with Crippen molar-refractivity contribution in [3.63, 3.8) is 0 Å². The molecule has 0 amide bonds. The molecule has 0 bridgehead atoms. The molecule has 0 N–H and O–H groups in total. The summed E-state index contributed by atoms with van der Waals surface area (Å²) in [6, 6.07) is 0. The molecule has 6 heteroatoms. The SMILES string of the molecule is C1CCN(CCCN(CCCN2CCCC2)CCN(CCCN2CCCC2)CCCN2CCCC2)C1. The highest BCUT2D eigenvalue weighted by atomic mass is 15.2. The van der Waals surface area contributed by atoms with E-state index in [1.165, 1.54) is 195 Å². The normalized spacial score (nSPS) is 22.8. The lowest BCUT2D eigenvalue weighted by atomic mass is 10.2. The van der Waals surface area contributed by atoms with Crippen molar-refractivity contribution in [1.82, 2.24) is 29.4 Å². The van der Waals surface area contributed by atoms with E-state index in [-0.39, 0.29) is 0 Å². The summed E-state index contributed by atoms with van der Waals surface area (Å²) >= 11 is 0. The van der Waals surface area contributed by atoms with Gasteiger partial charge in [0.1, 0.15) is 0 Å². The summed E-state index contributed by atoms with van der Waals surface area (Å²) in [6.07, 6.45) is 16.8. The molecule has 4 aliphatic heterocycles. The van der Waals surface area contributed by atoms with Gasteiger partial charge in [-0.05, 0) is 182 Å². The highest BCUT2D eigenvalue weighted by Crippen LogP contribution is 2.12. The maximum absolute atomic E-state index is 2.83. The number of nitrogens with zero attached hydrogens (tertiary/aromatic N) is 6. The van der Waals surface area contributed by atoms with Crippen LogP contribution in [0.3, 0.4) is 0 Å². The van der Waals surface area contributed by atoms with Crippen molar-refractivity contribution in [3.05, 3.63) is 0 Å². The highest BCUT2D eigenvalue weighted by molar-refractivity contribution is 4.73. The van der Waals surface area contributed by atoms with E-state index in [4.69, 9.17) is 0 Å².